The van der Waals surface area contributed by atoms with Crippen molar-refractivity contribution >= 4 is 16.0 Å². The summed E-state index contributed by atoms with van der Waals surface area (Å²) < 4.78 is 29.4. The van der Waals surface area contributed by atoms with Gasteiger partial charge in [0.2, 0.25) is 5.91 Å². The lowest BCUT2D eigenvalue weighted by molar-refractivity contribution is 0.0999. The smallest absolute Gasteiger partial charge is 0.339 e. The largest absolute Gasteiger partial charge is 0.379 e. The van der Waals surface area contributed by atoms with Gasteiger partial charge in [-0.15, -0.1) is 0 Å². The van der Waals surface area contributed by atoms with Gasteiger partial charge in [0.1, 0.15) is 10.6 Å². The number of rotatable bonds is 4. The number of carbonyl (C=O) groups is 1. The van der Waals surface area contributed by atoms with E-state index in [0.717, 1.165) is 0 Å². The second-order valence-corrected chi connectivity index (χ2v) is 6.06. The molecule has 2 N–H and O–H groups in total. The monoisotopic (exact) mass is 316 g/mol. The summed E-state index contributed by atoms with van der Waals surface area (Å²) in [6.07, 6.45) is 0. The Labute approximate surface area is 127 Å². The predicted octanol–water partition coefficient (Wildman–Crippen LogP) is 1.73. The first-order chi connectivity index (χ1) is 10.3. The van der Waals surface area contributed by atoms with E-state index in [-0.39, 0.29) is 16.2 Å². The molecule has 6 nitrogen and oxygen atoms in total. The molecular formula is C15H12N2O4S. The van der Waals surface area contributed by atoms with E-state index in [1.165, 1.54) is 42.5 Å². The molecule has 0 spiro atoms. The normalized spacial score (nSPS) is 10.7. The van der Waals surface area contributed by atoms with Gasteiger partial charge in [0, 0.05) is 5.56 Å². The summed E-state index contributed by atoms with van der Waals surface area (Å²) in [6, 6.07) is 11.5. The maximum atomic E-state index is 12.2. The molecule has 0 aliphatic carbocycles. The number of nitrogens with two attached hydrogens (primary N) is 1. The Balaban J connectivity index is 2.36. The van der Waals surface area contributed by atoms with Crippen LogP contribution in [-0.2, 0) is 10.1 Å². The van der Waals surface area contributed by atoms with Crippen molar-refractivity contribution in [3.63, 3.8) is 0 Å². The average Bonchev–Trinajstić information content (AvgIpc) is 2.47. The number of nitriles is 1. The second-order valence-electron chi connectivity index (χ2n) is 4.51. The topological polar surface area (TPSA) is 110 Å². The Hall–Kier alpha value is -2.85. The van der Waals surface area contributed by atoms with Crippen molar-refractivity contribution < 1.29 is 17.4 Å². The van der Waals surface area contributed by atoms with E-state index in [9.17, 15) is 13.2 Å². The molecule has 0 atom stereocenters. The number of carbonyl (C=O) groups excluding carboxylic acids is 1. The molecule has 0 fully saturated rings. The summed E-state index contributed by atoms with van der Waals surface area (Å²) in [5.74, 6) is -0.645. The van der Waals surface area contributed by atoms with Crippen LogP contribution in [0.3, 0.4) is 0 Å². The number of primary amides is 1. The van der Waals surface area contributed by atoms with Gasteiger partial charge in [-0.3, -0.25) is 4.79 Å². The van der Waals surface area contributed by atoms with Crippen molar-refractivity contribution in [2.75, 3.05) is 0 Å². The van der Waals surface area contributed by atoms with Crippen LogP contribution in [-0.4, -0.2) is 14.3 Å². The van der Waals surface area contributed by atoms with Crippen LogP contribution in [0, 0.1) is 18.3 Å². The summed E-state index contributed by atoms with van der Waals surface area (Å²) in [7, 11) is -4.10. The van der Waals surface area contributed by atoms with Crippen LogP contribution in [0.5, 0.6) is 5.75 Å². The Morgan fingerprint density at radius 1 is 1.18 bits per heavy atom. The number of nitrogens with zero attached hydrogens (tertiary/aromatic N) is 1. The standard InChI is InChI=1S/C15H12N2O4S/c1-10-2-7-13(8-14(10)15(17)18)22(19,20)21-12-5-3-11(9-16)4-6-12/h2-8H,1H3,(H2,17,18). The van der Waals surface area contributed by atoms with Crippen LogP contribution >= 0.6 is 0 Å². The third-order valence-corrected chi connectivity index (χ3v) is 4.20. The zero-order chi connectivity index (χ0) is 16.3. The molecule has 0 heterocycles. The van der Waals surface area contributed by atoms with Gasteiger partial charge in [-0.05, 0) is 48.9 Å². The molecule has 0 aliphatic heterocycles. The van der Waals surface area contributed by atoms with Gasteiger partial charge in [-0.2, -0.15) is 13.7 Å². The van der Waals surface area contributed by atoms with Crippen LogP contribution in [0.1, 0.15) is 21.5 Å². The van der Waals surface area contributed by atoms with Gasteiger partial charge < -0.3 is 9.92 Å². The van der Waals surface area contributed by atoms with E-state index >= 15 is 0 Å². The summed E-state index contributed by atoms with van der Waals surface area (Å²) in [4.78, 5) is 11.1. The van der Waals surface area contributed by atoms with Gasteiger partial charge in [0.15, 0.2) is 0 Å². The van der Waals surface area contributed by atoms with E-state index in [0.29, 0.717) is 11.1 Å². The quantitative estimate of drug-likeness (QED) is 0.864. The lowest BCUT2D eigenvalue weighted by Gasteiger charge is -2.09. The molecule has 2 aromatic carbocycles. The van der Waals surface area contributed by atoms with E-state index in [2.05, 4.69) is 0 Å². The fourth-order valence-corrected chi connectivity index (χ4v) is 2.74. The van der Waals surface area contributed by atoms with Gasteiger partial charge in [-0.1, -0.05) is 6.07 Å². The van der Waals surface area contributed by atoms with Gasteiger partial charge in [0.25, 0.3) is 0 Å². The molecule has 1 amide bonds. The van der Waals surface area contributed by atoms with Crippen molar-refractivity contribution in [3.05, 3.63) is 59.2 Å². The lowest BCUT2D eigenvalue weighted by atomic mass is 10.1. The summed E-state index contributed by atoms with van der Waals surface area (Å²) in [6.45, 7) is 1.65. The number of hydrogen-bond acceptors (Lipinski definition) is 5. The second kappa shape index (κ2) is 5.87. The highest BCUT2D eigenvalue weighted by Gasteiger charge is 2.19. The number of hydrogen-bond donors (Lipinski definition) is 1. The molecule has 112 valence electrons. The molecule has 22 heavy (non-hydrogen) atoms. The van der Waals surface area contributed by atoms with Crippen LogP contribution in [0.4, 0.5) is 0 Å². The number of amides is 1. The van der Waals surface area contributed by atoms with Crippen molar-refractivity contribution in [3.8, 4) is 11.8 Å². The highest BCUT2D eigenvalue weighted by molar-refractivity contribution is 7.87. The Morgan fingerprint density at radius 3 is 2.36 bits per heavy atom. The minimum Gasteiger partial charge on any atom is -0.379 e. The summed E-state index contributed by atoms with van der Waals surface area (Å²) in [5, 5.41) is 8.69. The Morgan fingerprint density at radius 2 is 1.82 bits per heavy atom. The number of aryl methyl sites for hydroxylation is 1. The van der Waals surface area contributed by atoms with Crippen LogP contribution in [0.2, 0.25) is 0 Å². The lowest BCUT2D eigenvalue weighted by Crippen LogP contribution is -2.15. The Bertz CT molecular complexity index is 865. The molecule has 2 aromatic rings. The molecule has 0 aliphatic rings. The minimum absolute atomic E-state index is 0.0696. The first-order valence-corrected chi connectivity index (χ1v) is 7.59. The first kappa shape index (κ1) is 15.5. The maximum Gasteiger partial charge on any atom is 0.339 e. The number of benzene rings is 2. The third kappa shape index (κ3) is 3.24. The molecular weight excluding hydrogens is 304 g/mol. The van der Waals surface area contributed by atoms with E-state index < -0.39 is 16.0 Å². The molecule has 7 heteroatoms. The van der Waals surface area contributed by atoms with E-state index in [4.69, 9.17) is 15.2 Å². The van der Waals surface area contributed by atoms with Gasteiger partial charge >= 0.3 is 10.1 Å². The molecule has 0 aromatic heterocycles. The van der Waals surface area contributed by atoms with Gasteiger partial charge in [0.05, 0.1) is 11.6 Å². The average molecular weight is 316 g/mol. The predicted molar refractivity (Wildman–Crippen MR) is 78.7 cm³/mol. The summed E-state index contributed by atoms with van der Waals surface area (Å²) >= 11 is 0. The molecule has 0 bridgehead atoms. The molecule has 2 rings (SSSR count). The highest BCUT2D eigenvalue weighted by atomic mass is 32.2. The van der Waals surface area contributed by atoms with Crippen molar-refractivity contribution in [2.24, 2.45) is 5.73 Å². The fourth-order valence-electron chi connectivity index (χ4n) is 1.78. The van der Waals surface area contributed by atoms with Crippen molar-refractivity contribution in [1.82, 2.24) is 0 Å². The van der Waals surface area contributed by atoms with Crippen LogP contribution < -0.4 is 9.92 Å². The zero-order valence-corrected chi connectivity index (χ0v) is 12.4. The molecule has 0 saturated heterocycles. The van der Waals surface area contributed by atoms with Crippen LogP contribution in [0.15, 0.2) is 47.4 Å². The highest BCUT2D eigenvalue weighted by Crippen LogP contribution is 2.21. The SMILES string of the molecule is Cc1ccc(S(=O)(=O)Oc2ccc(C#N)cc2)cc1C(N)=O. The Kier molecular flexibility index (Phi) is 4.15. The maximum absolute atomic E-state index is 12.2. The van der Waals surface area contributed by atoms with Crippen molar-refractivity contribution in [1.29, 1.82) is 5.26 Å². The van der Waals surface area contributed by atoms with Crippen molar-refractivity contribution in [2.45, 2.75) is 11.8 Å². The van der Waals surface area contributed by atoms with Crippen LogP contribution in [0.25, 0.3) is 0 Å². The molecule has 0 unspecified atom stereocenters. The third-order valence-electron chi connectivity index (χ3n) is 2.95. The molecule has 0 saturated carbocycles. The van der Waals surface area contributed by atoms with Gasteiger partial charge in [-0.25, -0.2) is 0 Å². The van der Waals surface area contributed by atoms with E-state index in [1.807, 2.05) is 6.07 Å². The first-order valence-electron chi connectivity index (χ1n) is 6.18. The summed E-state index contributed by atoms with van der Waals surface area (Å²) in [5.41, 5.74) is 6.28. The zero-order valence-electron chi connectivity index (χ0n) is 11.6. The minimum atomic E-state index is -4.10. The van der Waals surface area contributed by atoms with E-state index in [1.54, 1.807) is 6.92 Å². The fraction of sp³-hybridized carbons (Fsp3) is 0.0667. The molecule has 0 radical (unpaired) electrons.